The third kappa shape index (κ3) is 7.22. The zero-order valence-electron chi connectivity index (χ0n) is 17.6. The van der Waals surface area contributed by atoms with Crippen molar-refractivity contribution in [2.24, 2.45) is 5.10 Å². The van der Waals surface area contributed by atoms with E-state index in [1.807, 2.05) is 12.1 Å². The molecule has 10 heteroatoms. The monoisotopic (exact) mass is 469 g/mol. The molecule has 0 aliphatic rings. The standard InChI is InChI=1S/C23H20ClN3O6/c1-31-22-12-17(4-11-21(22)33-14-16-2-5-18(24)6-3-16)13-25-26-23(28)15-32-20-9-7-19(8-10-20)27(29)30/h2-13H,14-15H2,1H3,(H,26,28)/b25-13-. The molecule has 33 heavy (non-hydrogen) atoms. The molecule has 9 nitrogen and oxygen atoms in total. The minimum absolute atomic E-state index is 0.0618. The van der Waals surface area contributed by atoms with E-state index in [0.717, 1.165) is 5.56 Å². The highest BCUT2D eigenvalue weighted by molar-refractivity contribution is 6.30. The fourth-order valence-electron chi connectivity index (χ4n) is 2.65. The summed E-state index contributed by atoms with van der Waals surface area (Å²) in [5, 5.41) is 15.2. The van der Waals surface area contributed by atoms with Crippen molar-refractivity contribution in [2.45, 2.75) is 6.61 Å². The molecule has 3 aromatic carbocycles. The molecule has 1 N–H and O–H groups in total. The number of nitro benzene ring substituents is 1. The van der Waals surface area contributed by atoms with Gasteiger partial charge in [0.15, 0.2) is 18.1 Å². The summed E-state index contributed by atoms with van der Waals surface area (Å²) in [5.74, 6) is 0.920. The van der Waals surface area contributed by atoms with E-state index < -0.39 is 10.8 Å². The molecule has 0 unspecified atom stereocenters. The number of non-ortho nitro benzene ring substituents is 1. The number of hydrogen-bond acceptors (Lipinski definition) is 7. The molecule has 0 radical (unpaired) electrons. The van der Waals surface area contributed by atoms with E-state index in [1.165, 1.54) is 37.6 Å². The van der Waals surface area contributed by atoms with Gasteiger partial charge in [0.1, 0.15) is 12.4 Å². The van der Waals surface area contributed by atoms with Crippen LogP contribution >= 0.6 is 11.6 Å². The molecule has 0 fully saturated rings. The zero-order chi connectivity index (χ0) is 23.6. The van der Waals surface area contributed by atoms with Gasteiger partial charge in [-0.3, -0.25) is 14.9 Å². The smallest absolute Gasteiger partial charge is 0.277 e. The maximum Gasteiger partial charge on any atom is 0.277 e. The first-order chi connectivity index (χ1) is 15.9. The van der Waals surface area contributed by atoms with Gasteiger partial charge in [0.25, 0.3) is 11.6 Å². The van der Waals surface area contributed by atoms with Crippen molar-refractivity contribution in [1.82, 2.24) is 5.43 Å². The Labute approximate surface area is 194 Å². The van der Waals surface area contributed by atoms with Gasteiger partial charge < -0.3 is 14.2 Å². The average molecular weight is 470 g/mol. The number of hydrogen-bond donors (Lipinski definition) is 1. The number of hydrazone groups is 1. The Hall–Kier alpha value is -4.11. The van der Waals surface area contributed by atoms with Crippen molar-refractivity contribution in [1.29, 1.82) is 0 Å². The second-order valence-corrected chi connectivity index (χ2v) is 7.09. The Morgan fingerprint density at radius 3 is 2.45 bits per heavy atom. The summed E-state index contributed by atoms with van der Waals surface area (Å²) in [6.07, 6.45) is 1.45. The lowest BCUT2D eigenvalue weighted by Crippen LogP contribution is -2.24. The number of nitrogens with one attached hydrogen (secondary N) is 1. The highest BCUT2D eigenvalue weighted by Gasteiger charge is 2.08. The van der Waals surface area contributed by atoms with Crippen molar-refractivity contribution >= 4 is 29.4 Å². The SMILES string of the molecule is COc1cc(/C=N\NC(=O)COc2ccc([N+](=O)[O-])cc2)ccc1OCc1ccc(Cl)cc1. The summed E-state index contributed by atoms with van der Waals surface area (Å²) in [7, 11) is 1.53. The Bertz CT molecular complexity index is 1130. The summed E-state index contributed by atoms with van der Waals surface area (Å²) in [5.41, 5.74) is 3.93. The largest absolute Gasteiger partial charge is 0.493 e. The first-order valence-corrected chi connectivity index (χ1v) is 10.1. The highest BCUT2D eigenvalue weighted by atomic mass is 35.5. The average Bonchev–Trinajstić information content (AvgIpc) is 2.83. The Balaban J connectivity index is 1.50. The number of rotatable bonds is 10. The summed E-state index contributed by atoms with van der Waals surface area (Å²) >= 11 is 5.89. The van der Waals surface area contributed by atoms with Gasteiger partial charge in [-0.1, -0.05) is 23.7 Å². The molecular formula is C23H20ClN3O6. The first kappa shape index (κ1) is 23.6. The third-order valence-corrected chi connectivity index (χ3v) is 4.57. The summed E-state index contributed by atoms with van der Waals surface area (Å²) in [6.45, 7) is 0.0573. The van der Waals surface area contributed by atoms with Crippen LogP contribution in [0.1, 0.15) is 11.1 Å². The quantitative estimate of drug-likeness (QED) is 0.268. The summed E-state index contributed by atoms with van der Waals surface area (Å²) in [4.78, 5) is 22.0. The van der Waals surface area contributed by atoms with Crippen LogP contribution in [0.5, 0.6) is 17.2 Å². The van der Waals surface area contributed by atoms with Gasteiger partial charge in [0.2, 0.25) is 0 Å². The summed E-state index contributed by atoms with van der Waals surface area (Å²) < 4.78 is 16.5. The number of amides is 1. The minimum Gasteiger partial charge on any atom is -0.493 e. The van der Waals surface area contributed by atoms with Crippen LogP contribution in [-0.4, -0.2) is 30.8 Å². The number of carbonyl (C=O) groups is 1. The van der Waals surface area contributed by atoms with Crippen molar-refractivity contribution in [3.05, 3.63) is 93.0 Å². The Kier molecular flexibility index (Phi) is 8.20. The van der Waals surface area contributed by atoms with Crippen molar-refractivity contribution in [3.8, 4) is 17.2 Å². The lowest BCUT2D eigenvalue weighted by molar-refractivity contribution is -0.384. The van der Waals surface area contributed by atoms with E-state index in [1.54, 1.807) is 30.3 Å². The van der Waals surface area contributed by atoms with Gasteiger partial charge in [-0.05, 0) is 53.6 Å². The van der Waals surface area contributed by atoms with Gasteiger partial charge in [-0.15, -0.1) is 0 Å². The summed E-state index contributed by atoms with van der Waals surface area (Å²) in [6, 6.07) is 18.0. The fourth-order valence-corrected chi connectivity index (χ4v) is 2.78. The molecule has 0 saturated heterocycles. The van der Waals surface area contributed by atoms with Gasteiger partial charge in [-0.2, -0.15) is 5.10 Å². The molecule has 0 aliphatic heterocycles. The van der Waals surface area contributed by atoms with Crippen LogP contribution in [-0.2, 0) is 11.4 Å². The lowest BCUT2D eigenvalue weighted by Gasteiger charge is -2.11. The maximum absolute atomic E-state index is 11.9. The van der Waals surface area contributed by atoms with Crippen molar-refractivity contribution in [3.63, 3.8) is 0 Å². The molecule has 3 aromatic rings. The molecule has 0 spiro atoms. The second kappa shape index (κ2) is 11.5. The molecule has 3 rings (SSSR count). The second-order valence-electron chi connectivity index (χ2n) is 6.66. The topological polar surface area (TPSA) is 112 Å². The molecule has 0 heterocycles. The number of nitrogens with zero attached hydrogens (tertiary/aromatic N) is 2. The van der Waals surface area contributed by atoms with Crippen LogP contribution < -0.4 is 19.6 Å². The number of nitro groups is 1. The zero-order valence-corrected chi connectivity index (χ0v) is 18.3. The van der Waals surface area contributed by atoms with Gasteiger partial charge >= 0.3 is 0 Å². The Morgan fingerprint density at radius 1 is 1.06 bits per heavy atom. The van der Waals surface area contributed by atoms with E-state index in [2.05, 4.69) is 10.5 Å². The molecule has 0 aromatic heterocycles. The fraction of sp³-hybridized carbons (Fsp3) is 0.130. The Morgan fingerprint density at radius 2 is 1.79 bits per heavy atom. The molecule has 0 aliphatic carbocycles. The molecule has 170 valence electrons. The van der Waals surface area contributed by atoms with E-state index in [9.17, 15) is 14.9 Å². The van der Waals surface area contributed by atoms with E-state index in [0.29, 0.717) is 34.4 Å². The van der Waals surface area contributed by atoms with Crippen LogP contribution in [0, 0.1) is 10.1 Å². The van der Waals surface area contributed by atoms with Crippen LogP contribution in [0.15, 0.2) is 71.8 Å². The van der Waals surface area contributed by atoms with Crippen LogP contribution in [0.25, 0.3) is 0 Å². The van der Waals surface area contributed by atoms with Crippen molar-refractivity contribution < 1.29 is 23.9 Å². The number of ether oxygens (including phenoxy) is 3. The van der Waals surface area contributed by atoms with E-state index >= 15 is 0 Å². The van der Waals surface area contributed by atoms with Crippen LogP contribution in [0.4, 0.5) is 5.69 Å². The predicted octanol–water partition coefficient (Wildman–Crippen LogP) is 4.36. The van der Waals surface area contributed by atoms with Gasteiger partial charge in [0.05, 0.1) is 18.2 Å². The number of methoxy groups -OCH3 is 1. The molecule has 0 saturated carbocycles. The van der Waals surface area contributed by atoms with Crippen LogP contribution in [0.3, 0.4) is 0 Å². The normalized spacial score (nSPS) is 10.6. The highest BCUT2D eigenvalue weighted by Crippen LogP contribution is 2.28. The van der Waals surface area contributed by atoms with E-state index in [-0.39, 0.29) is 12.3 Å². The molecule has 0 atom stereocenters. The third-order valence-electron chi connectivity index (χ3n) is 4.32. The van der Waals surface area contributed by atoms with Crippen LogP contribution in [0.2, 0.25) is 5.02 Å². The van der Waals surface area contributed by atoms with Crippen molar-refractivity contribution in [2.75, 3.05) is 13.7 Å². The first-order valence-electron chi connectivity index (χ1n) is 9.69. The lowest BCUT2D eigenvalue weighted by atomic mass is 10.2. The number of benzene rings is 3. The van der Waals surface area contributed by atoms with E-state index in [4.69, 9.17) is 25.8 Å². The maximum atomic E-state index is 11.9. The molecular weight excluding hydrogens is 450 g/mol. The molecule has 1 amide bonds. The minimum atomic E-state index is -0.515. The van der Waals surface area contributed by atoms with Gasteiger partial charge in [0, 0.05) is 17.2 Å². The number of carbonyl (C=O) groups excluding carboxylic acids is 1. The predicted molar refractivity (Wildman–Crippen MR) is 123 cm³/mol. The number of halogens is 1. The molecule has 0 bridgehead atoms. The van der Waals surface area contributed by atoms with Gasteiger partial charge in [-0.25, -0.2) is 5.43 Å².